The lowest BCUT2D eigenvalue weighted by molar-refractivity contribution is 0.191. The summed E-state index contributed by atoms with van der Waals surface area (Å²) in [6.45, 7) is 0. The topological polar surface area (TPSA) is 43.6 Å². The summed E-state index contributed by atoms with van der Waals surface area (Å²) in [7, 11) is 0. The molecule has 5 aliphatic rings. The molecule has 1 spiro atoms. The van der Waals surface area contributed by atoms with Crippen molar-refractivity contribution in [2.75, 3.05) is 0 Å². The number of para-hydroxylation sites is 2. The van der Waals surface area contributed by atoms with Crippen molar-refractivity contribution in [3.05, 3.63) is 181 Å². The molecule has 5 atom stereocenters. The van der Waals surface area contributed by atoms with Crippen molar-refractivity contribution >= 4 is 21.8 Å². The first kappa shape index (κ1) is 32.4. The van der Waals surface area contributed by atoms with Gasteiger partial charge in [0, 0.05) is 38.6 Å². The Labute approximate surface area is 337 Å². The number of rotatable bonds is 5. The summed E-state index contributed by atoms with van der Waals surface area (Å²) in [5.41, 5.74) is 14.9. The van der Waals surface area contributed by atoms with Crippen LogP contribution < -0.4 is 0 Å². The maximum Gasteiger partial charge on any atom is 0.164 e. The molecule has 0 radical (unpaired) electrons. The minimum absolute atomic E-state index is 0.159. The zero-order chi connectivity index (χ0) is 38.0. The molecule has 4 heteroatoms. The van der Waals surface area contributed by atoms with Gasteiger partial charge in [-0.25, -0.2) is 15.0 Å². The van der Waals surface area contributed by atoms with Gasteiger partial charge in [-0.3, -0.25) is 0 Å². The molecule has 7 aromatic carbocycles. The standard InChI is InChI=1S/C54H40N4/c1-3-11-35(12-4-1)51-55-52(36-21-19-34(20-22-36)37-23-25-44-43-16-8-10-18-49(43)58(50(44)32-37)41-13-5-2-6-14-41)57-53(56-51)38-24-26-47-45(31-38)42-15-7-9-17-46(42)54(47)40-28-33-27-39(30-40)48(54)29-33/h1-26,31-33,39-40,48H,27-30H2. The van der Waals surface area contributed by atoms with Gasteiger partial charge in [-0.15, -0.1) is 0 Å². The van der Waals surface area contributed by atoms with Gasteiger partial charge >= 0.3 is 0 Å². The zero-order valence-electron chi connectivity index (χ0n) is 32.1. The molecule has 0 saturated heterocycles. The van der Waals surface area contributed by atoms with Crippen molar-refractivity contribution in [2.24, 2.45) is 23.7 Å². The fraction of sp³-hybridized carbons (Fsp3) is 0.167. The molecule has 58 heavy (non-hydrogen) atoms. The van der Waals surface area contributed by atoms with Crippen LogP contribution in [0, 0.1) is 23.7 Å². The van der Waals surface area contributed by atoms with Gasteiger partial charge in [0.05, 0.1) is 11.0 Å². The van der Waals surface area contributed by atoms with E-state index in [1.165, 1.54) is 64.2 Å². The third-order valence-electron chi connectivity index (χ3n) is 14.4. The quantitative estimate of drug-likeness (QED) is 0.176. The fourth-order valence-electron chi connectivity index (χ4n) is 12.3. The van der Waals surface area contributed by atoms with Crippen LogP contribution in [0.1, 0.15) is 36.8 Å². The predicted molar refractivity (Wildman–Crippen MR) is 235 cm³/mol. The second-order valence-corrected chi connectivity index (χ2v) is 17.2. The third kappa shape index (κ3) is 4.54. The van der Waals surface area contributed by atoms with Crippen LogP contribution in [0.15, 0.2) is 170 Å². The number of fused-ring (bicyclic) bond motifs is 6. The Morgan fingerprint density at radius 2 is 1.05 bits per heavy atom. The minimum Gasteiger partial charge on any atom is -0.309 e. The number of hydrogen-bond acceptors (Lipinski definition) is 3. The predicted octanol–water partition coefficient (Wildman–Crippen LogP) is 13.0. The van der Waals surface area contributed by atoms with E-state index in [9.17, 15) is 0 Å². The van der Waals surface area contributed by atoms with Crippen LogP contribution in [-0.2, 0) is 5.41 Å². The van der Waals surface area contributed by atoms with Crippen molar-refractivity contribution in [3.63, 3.8) is 0 Å². The van der Waals surface area contributed by atoms with Crippen molar-refractivity contribution in [1.29, 1.82) is 0 Å². The first-order chi connectivity index (χ1) is 28.7. The van der Waals surface area contributed by atoms with Crippen LogP contribution in [0.5, 0.6) is 0 Å². The lowest BCUT2D eigenvalue weighted by Crippen LogP contribution is -2.40. The smallest absolute Gasteiger partial charge is 0.164 e. The van der Waals surface area contributed by atoms with Gasteiger partial charge in [0.15, 0.2) is 17.5 Å². The molecule has 9 aromatic rings. The average Bonchev–Trinajstić information content (AvgIpc) is 3.95. The van der Waals surface area contributed by atoms with Crippen molar-refractivity contribution in [2.45, 2.75) is 31.1 Å². The number of benzene rings is 7. The summed E-state index contributed by atoms with van der Waals surface area (Å²) in [6, 6.07) is 61.6. The highest BCUT2D eigenvalue weighted by Gasteiger charge is 2.65. The van der Waals surface area contributed by atoms with Gasteiger partial charge in [-0.1, -0.05) is 140 Å². The minimum atomic E-state index is 0.159. The Hall–Kier alpha value is -6.65. The van der Waals surface area contributed by atoms with E-state index in [2.05, 4.69) is 168 Å². The maximum absolute atomic E-state index is 5.23. The van der Waals surface area contributed by atoms with E-state index in [0.29, 0.717) is 17.5 Å². The second-order valence-electron chi connectivity index (χ2n) is 17.2. The average molecular weight is 745 g/mol. The van der Waals surface area contributed by atoms with E-state index in [1.807, 2.05) is 6.07 Å². The molecule has 4 nitrogen and oxygen atoms in total. The van der Waals surface area contributed by atoms with Crippen LogP contribution in [0.25, 0.3) is 83.9 Å². The Bertz CT molecular complexity index is 3090. The van der Waals surface area contributed by atoms with E-state index in [1.54, 1.807) is 11.1 Å². The second kappa shape index (κ2) is 12.2. The Balaban J connectivity index is 0.913. The molecule has 4 fully saturated rings. The molecule has 14 rings (SSSR count). The van der Waals surface area contributed by atoms with Gasteiger partial charge < -0.3 is 4.57 Å². The Morgan fingerprint density at radius 1 is 0.431 bits per heavy atom. The molecule has 5 unspecified atom stereocenters. The van der Waals surface area contributed by atoms with Crippen LogP contribution in [-0.4, -0.2) is 19.5 Å². The Morgan fingerprint density at radius 3 is 1.86 bits per heavy atom. The highest BCUT2D eigenvalue weighted by atomic mass is 15.0. The van der Waals surface area contributed by atoms with Gasteiger partial charge in [0.1, 0.15) is 0 Å². The van der Waals surface area contributed by atoms with Crippen LogP contribution in [0.2, 0.25) is 0 Å². The molecule has 5 aliphatic carbocycles. The maximum atomic E-state index is 5.23. The molecule has 2 aromatic heterocycles. The van der Waals surface area contributed by atoms with E-state index >= 15 is 0 Å². The molecule has 0 N–H and O–H groups in total. The third-order valence-corrected chi connectivity index (χ3v) is 14.4. The largest absolute Gasteiger partial charge is 0.309 e. The molecular formula is C54H40N4. The van der Waals surface area contributed by atoms with Crippen LogP contribution in [0.4, 0.5) is 0 Å². The summed E-state index contributed by atoms with van der Waals surface area (Å²) in [4.78, 5) is 15.5. The SMILES string of the molecule is c1ccc(-c2nc(-c3ccc(-c4ccc5c6ccccc6n(-c6ccccc6)c5c4)cc3)nc(-c3ccc4c(c3)-c3ccccc3C43C4CC5CC(C4)C3C5)n2)cc1. The number of hydrogen-bond donors (Lipinski definition) is 0. The van der Waals surface area contributed by atoms with E-state index in [4.69, 9.17) is 15.0 Å². The fourth-order valence-corrected chi connectivity index (χ4v) is 12.3. The van der Waals surface area contributed by atoms with Gasteiger partial charge in [-0.05, 0) is 113 Å². The van der Waals surface area contributed by atoms with Gasteiger partial charge in [0.25, 0.3) is 0 Å². The summed E-state index contributed by atoms with van der Waals surface area (Å²) in [6.07, 6.45) is 5.59. The molecule has 4 saturated carbocycles. The van der Waals surface area contributed by atoms with Crippen molar-refractivity contribution < 1.29 is 0 Å². The molecule has 0 aliphatic heterocycles. The molecule has 0 amide bonds. The monoisotopic (exact) mass is 744 g/mol. The van der Waals surface area contributed by atoms with Crippen molar-refractivity contribution in [3.8, 4) is 62.1 Å². The first-order valence-corrected chi connectivity index (χ1v) is 21.0. The highest BCUT2D eigenvalue weighted by Crippen LogP contribution is 2.73. The van der Waals surface area contributed by atoms with E-state index < -0.39 is 0 Å². The summed E-state index contributed by atoms with van der Waals surface area (Å²) in [5.74, 6) is 5.39. The molecule has 276 valence electrons. The van der Waals surface area contributed by atoms with Crippen LogP contribution >= 0.6 is 0 Å². The number of nitrogens with zero attached hydrogens (tertiary/aromatic N) is 4. The summed E-state index contributed by atoms with van der Waals surface area (Å²) < 4.78 is 2.37. The van der Waals surface area contributed by atoms with Gasteiger partial charge in [-0.2, -0.15) is 0 Å². The van der Waals surface area contributed by atoms with Crippen LogP contribution in [0.3, 0.4) is 0 Å². The summed E-state index contributed by atoms with van der Waals surface area (Å²) in [5, 5.41) is 2.51. The zero-order valence-corrected chi connectivity index (χ0v) is 32.1. The lowest BCUT2D eigenvalue weighted by atomic mass is 9.59. The molecule has 4 bridgehead atoms. The summed E-state index contributed by atoms with van der Waals surface area (Å²) >= 11 is 0. The molecular weight excluding hydrogens is 705 g/mol. The van der Waals surface area contributed by atoms with Crippen molar-refractivity contribution in [1.82, 2.24) is 19.5 Å². The normalized spacial score (nSPS) is 22.3. The van der Waals surface area contributed by atoms with E-state index in [0.717, 1.165) is 51.6 Å². The lowest BCUT2D eigenvalue weighted by Gasteiger charge is -2.43. The van der Waals surface area contributed by atoms with E-state index in [-0.39, 0.29) is 5.41 Å². The highest BCUT2D eigenvalue weighted by molar-refractivity contribution is 6.10. The number of aromatic nitrogens is 4. The Kier molecular flexibility index (Phi) is 6.81. The molecule has 2 heterocycles. The van der Waals surface area contributed by atoms with Gasteiger partial charge in [0.2, 0.25) is 0 Å². The first-order valence-electron chi connectivity index (χ1n) is 21.0.